The molecule has 0 aliphatic rings. The van der Waals surface area contributed by atoms with Crippen molar-refractivity contribution in [1.82, 2.24) is 0 Å². The second-order valence-corrected chi connectivity index (χ2v) is 6.72. The summed E-state index contributed by atoms with van der Waals surface area (Å²) in [6, 6.07) is 0. The molecule has 0 spiro atoms. The second kappa shape index (κ2) is 15.9. The summed E-state index contributed by atoms with van der Waals surface area (Å²) in [5, 5.41) is 8.54. The molecule has 1 atom stereocenters. The molecule has 21 heavy (non-hydrogen) atoms. The molecule has 0 radical (unpaired) electrons. The van der Waals surface area contributed by atoms with Crippen molar-refractivity contribution in [1.29, 1.82) is 0 Å². The van der Waals surface area contributed by atoms with Crippen LogP contribution in [0.3, 0.4) is 0 Å². The van der Waals surface area contributed by atoms with Crippen molar-refractivity contribution in [3.63, 3.8) is 0 Å². The maximum atomic E-state index is 10.4. The summed E-state index contributed by atoms with van der Waals surface area (Å²) >= 11 is 0. The SMILES string of the molecule is CCCCCC[C@H](C)CCCCCCCCCCC(=O)O. The lowest BCUT2D eigenvalue weighted by molar-refractivity contribution is -0.137. The van der Waals surface area contributed by atoms with E-state index in [1.807, 2.05) is 0 Å². The zero-order chi connectivity index (χ0) is 15.8. The van der Waals surface area contributed by atoms with E-state index in [0.717, 1.165) is 18.8 Å². The van der Waals surface area contributed by atoms with E-state index in [1.165, 1.54) is 77.0 Å². The molecule has 2 heteroatoms. The maximum absolute atomic E-state index is 10.4. The first-order chi connectivity index (χ1) is 10.2. The van der Waals surface area contributed by atoms with E-state index in [2.05, 4.69) is 13.8 Å². The third kappa shape index (κ3) is 17.4. The molecule has 0 aliphatic heterocycles. The van der Waals surface area contributed by atoms with Gasteiger partial charge in [-0.2, -0.15) is 0 Å². The monoisotopic (exact) mass is 298 g/mol. The van der Waals surface area contributed by atoms with Gasteiger partial charge in [-0.05, 0) is 12.3 Å². The number of carbonyl (C=O) groups is 1. The first-order valence-corrected chi connectivity index (χ1v) is 9.38. The Morgan fingerprint density at radius 3 is 1.67 bits per heavy atom. The van der Waals surface area contributed by atoms with Gasteiger partial charge in [0.15, 0.2) is 0 Å². The number of rotatable bonds is 16. The molecule has 0 aromatic heterocycles. The molecule has 0 saturated carbocycles. The normalized spacial score (nSPS) is 12.5. The average Bonchev–Trinajstić information content (AvgIpc) is 2.45. The van der Waals surface area contributed by atoms with E-state index in [9.17, 15) is 4.79 Å². The van der Waals surface area contributed by atoms with Gasteiger partial charge < -0.3 is 5.11 Å². The molecule has 0 aliphatic carbocycles. The minimum absolute atomic E-state index is 0.343. The van der Waals surface area contributed by atoms with Crippen molar-refractivity contribution in [2.24, 2.45) is 5.92 Å². The van der Waals surface area contributed by atoms with Gasteiger partial charge in [-0.3, -0.25) is 4.79 Å². The van der Waals surface area contributed by atoms with Crippen molar-refractivity contribution in [2.75, 3.05) is 0 Å². The third-order valence-corrected chi connectivity index (χ3v) is 4.39. The van der Waals surface area contributed by atoms with Crippen LogP contribution in [0, 0.1) is 5.92 Å². The summed E-state index contributed by atoms with van der Waals surface area (Å²) in [6.07, 6.45) is 18.7. The van der Waals surface area contributed by atoms with Gasteiger partial charge in [-0.15, -0.1) is 0 Å². The number of aliphatic carboxylic acids is 1. The fourth-order valence-electron chi connectivity index (χ4n) is 2.89. The molecule has 0 fully saturated rings. The number of hydrogen-bond donors (Lipinski definition) is 1. The van der Waals surface area contributed by atoms with Crippen LogP contribution in [0.4, 0.5) is 0 Å². The number of carboxylic acids is 1. The summed E-state index contributed by atoms with van der Waals surface area (Å²) in [6.45, 7) is 4.68. The Balaban J connectivity index is 3.12. The topological polar surface area (TPSA) is 37.3 Å². The van der Waals surface area contributed by atoms with Crippen LogP contribution in [0.5, 0.6) is 0 Å². The lowest BCUT2D eigenvalue weighted by Crippen LogP contribution is -1.95. The Bertz CT molecular complexity index is 226. The predicted molar refractivity (Wildman–Crippen MR) is 91.7 cm³/mol. The van der Waals surface area contributed by atoms with Gasteiger partial charge in [-0.25, -0.2) is 0 Å². The first kappa shape index (κ1) is 20.5. The van der Waals surface area contributed by atoms with Gasteiger partial charge in [0.2, 0.25) is 0 Å². The molecule has 0 rings (SSSR count). The van der Waals surface area contributed by atoms with Crippen LogP contribution in [-0.2, 0) is 4.79 Å². The molecule has 2 nitrogen and oxygen atoms in total. The van der Waals surface area contributed by atoms with Crippen LogP contribution in [0.25, 0.3) is 0 Å². The highest BCUT2D eigenvalue weighted by molar-refractivity contribution is 5.66. The summed E-state index contributed by atoms with van der Waals surface area (Å²) < 4.78 is 0. The van der Waals surface area contributed by atoms with E-state index in [4.69, 9.17) is 5.11 Å². The molecule has 0 saturated heterocycles. The molecule has 0 unspecified atom stereocenters. The molecular formula is C19H38O2. The third-order valence-electron chi connectivity index (χ3n) is 4.39. The van der Waals surface area contributed by atoms with Crippen molar-refractivity contribution in [3.8, 4) is 0 Å². The van der Waals surface area contributed by atoms with Gasteiger partial charge in [0.05, 0.1) is 0 Å². The van der Waals surface area contributed by atoms with E-state index in [1.54, 1.807) is 0 Å². The standard InChI is InChI=1S/C19H38O2/c1-3-4-5-12-15-18(2)16-13-10-8-6-7-9-11-14-17-19(20)21/h18H,3-17H2,1-2H3,(H,20,21)/t18-/m0/s1. The van der Waals surface area contributed by atoms with Gasteiger partial charge in [0.25, 0.3) is 0 Å². The Morgan fingerprint density at radius 2 is 1.19 bits per heavy atom. The van der Waals surface area contributed by atoms with Gasteiger partial charge in [-0.1, -0.05) is 97.3 Å². The smallest absolute Gasteiger partial charge is 0.303 e. The largest absolute Gasteiger partial charge is 0.481 e. The number of hydrogen-bond acceptors (Lipinski definition) is 1. The van der Waals surface area contributed by atoms with Crippen molar-refractivity contribution < 1.29 is 9.90 Å². The quantitative estimate of drug-likeness (QED) is 0.327. The molecule has 0 aromatic carbocycles. The molecular weight excluding hydrogens is 260 g/mol. The summed E-state index contributed by atoms with van der Waals surface area (Å²) in [7, 11) is 0. The van der Waals surface area contributed by atoms with E-state index >= 15 is 0 Å². The molecule has 0 bridgehead atoms. The van der Waals surface area contributed by atoms with Crippen molar-refractivity contribution >= 4 is 5.97 Å². The average molecular weight is 299 g/mol. The van der Waals surface area contributed by atoms with Crippen molar-refractivity contribution in [2.45, 2.75) is 110 Å². The van der Waals surface area contributed by atoms with Crippen LogP contribution in [-0.4, -0.2) is 11.1 Å². The van der Waals surface area contributed by atoms with Crippen LogP contribution in [0.2, 0.25) is 0 Å². The minimum Gasteiger partial charge on any atom is -0.481 e. The Labute approximate surface area is 132 Å². The molecule has 0 heterocycles. The zero-order valence-corrected chi connectivity index (χ0v) is 14.5. The zero-order valence-electron chi connectivity index (χ0n) is 14.5. The minimum atomic E-state index is -0.654. The maximum Gasteiger partial charge on any atom is 0.303 e. The lowest BCUT2D eigenvalue weighted by atomic mass is 9.96. The van der Waals surface area contributed by atoms with Crippen molar-refractivity contribution in [3.05, 3.63) is 0 Å². The van der Waals surface area contributed by atoms with Crippen LogP contribution < -0.4 is 0 Å². The van der Waals surface area contributed by atoms with Gasteiger partial charge in [0, 0.05) is 6.42 Å². The van der Waals surface area contributed by atoms with Crippen LogP contribution in [0.1, 0.15) is 110 Å². The number of carboxylic acid groups (broad SMARTS) is 1. The fraction of sp³-hybridized carbons (Fsp3) is 0.947. The lowest BCUT2D eigenvalue weighted by Gasteiger charge is -2.10. The van der Waals surface area contributed by atoms with E-state index < -0.39 is 5.97 Å². The summed E-state index contributed by atoms with van der Waals surface area (Å²) in [5.74, 6) is 0.261. The predicted octanol–water partition coefficient (Wildman–Crippen LogP) is 6.58. The second-order valence-electron chi connectivity index (χ2n) is 6.72. The summed E-state index contributed by atoms with van der Waals surface area (Å²) in [4.78, 5) is 10.4. The van der Waals surface area contributed by atoms with Crippen LogP contribution in [0.15, 0.2) is 0 Å². The first-order valence-electron chi connectivity index (χ1n) is 9.38. The van der Waals surface area contributed by atoms with E-state index in [0.29, 0.717) is 6.42 Å². The molecule has 1 N–H and O–H groups in total. The van der Waals surface area contributed by atoms with Gasteiger partial charge >= 0.3 is 5.97 Å². The molecule has 0 amide bonds. The highest BCUT2D eigenvalue weighted by Gasteiger charge is 2.02. The summed E-state index contributed by atoms with van der Waals surface area (Å²) in [5.41, 5.74) is 0. The molecule has 126 valence electrons. The number of unbranched alkanes of at least 4 members (excludes halogenated alkanes) is 10. The highest BCUT2D eigenvalue weighted by Crippen LogP contribution is 2.18. The van der Waals surface area contributed by atoms with E-state index in [-0.39, 0.29) is 0 Å². The van der Waals surface area contributed by atoms with Crippen LogP contribution >= 0.6 is 0 Å². The Kier molecular flexibility index (Phi) is 15.5. The van der Waals surface area contributed by atoms with Gasteiger partial charge in [0.1, 0.15) is 0 Å². The Hall–Kier alpha value is -0.530. The molecule has 0 aromatic rings. The Morgan fingerprint density at radius 1 is 0.762 bits per heavy atom. The highest BCUT2D eigenvalue weighted by atomic mass is 16.4. The fourth-order valence-corrected chi connectivity index (χ4v) is 2.89.